The van der Waals surface area contributed by atoms with Gasteiger partial charge in [0.1, 0.15) is 5.75 Å². The number of halogens is 1. The topological polar surface area (TPSA) is 69.2 Å². The number of rotatable bonds is 7. The van der Waals surface area contributed by atoms with E-state index in [-0.39, 0.29) is 29.9 Å². The molecule has 2 N–H and O–H groups in total. The molecule has 0 spiro atoms. The first-order valence-electron chi connectivity index (χ1n) is 10.4. The molecule has 29 heavy (non-hydrogen) atoms. The highest BCUT2D eigenvalue weighted by molar-refractivity contribution is 14.0. The van der Waals surface area contributed by atoms with E-state index in [4.69, 9.17) is 4.74 Å². The van der Waals surface area contributed by atoms with Crippen LogP contribution in [0.3, 0.4) is 0 Å². The number of aliphatic imine (C=N–C) groups is 1. The van der Waals surface area contributed by atoms with Crippen LogP contribution < -0.4 is 20.3 Å². The van der Waals surface area contributed by atoms with Crippen molar-refractivity contribution in [3.05, 3.63) is 24.3 Å². The Hall–Kier alpha value is -1.71. The van der Waals surface area contributed by atoms with Crippen LogP contribution >= 0.6 is 24.0 Å². The third-order valence-electron chi connectivity index (χ3n) is 5.35. The number of guanidine groups is 1. The van der Waals surface area contributed by atoms with Gasteiger partial charge in [-0.2, -0.15) is 0 Å². The lowest BCUT2D eigenvalue weighted by molar-refractivity contribution is -0.129. The summed E-state index contributed by atoms with van der Waals surface area (Å²) in [6.07, 6.45) is 3.77. The van der Waals surface area contributed by atoms with E-state index in [1.165, 1.54) is 0 Å². The van der Waals surface area contributed by atoms with Crippen molar-refractivity contribution in [2.24, 2.45) is 4.99 Å². The molecule has 0 aliphatic carbocycles. The van der Waals surface area contributed by atoms with Gasteiger partial charge in [0, 0.05) is 45.2 Å². The first-order chi connectivity index (χ1) is 13.7. The van der Waals surface area contributed by atoms with Crippen LogP contribution in [-0.2, 0) is 4.79 Å². The largest absolute Gasteiger partial charge is 0.495 e. The summed E-state index contributed by atoms with van der Waals surface area (Å²) in [5.41, 5.74) is 1.13. The van der Waals surface area contributed by atoms with E-state index in [2.05, 4.69) is 33.5 Å². The molecule has 2 heterocycles. The minimum absolute atomic E-state index is 0. The Bertz CT molecular complexity index is 679. The van der Waals surface area contributed by atoms with Crippen LogP contribution in [-0.4, -0.2) is 69.2 Å². The van der Waals surface area contributed by atoms with Crippen molar-refractivity contribution in [1.82, 2.24) is 15.5 Å². The van der Waals surface area contributed by atoms with Crippen molar-refractivity contribution in [1.29, 1.82) is 0 Å². The third-order valence-corrected chi connectivity index (χ3v) is 5.35. The van der Waals surface area contributed by atoms with E-state index >= 15 is 0 Å². The Morgan fingerprint density at radius 2 is 2.00 bits per heavy atom. The summed E-state index contributed by atoms with van der Waals surface area (Å²) >= 11 is 0. The van der Waals surface area contributed by atoms with Crippen molar-refractivity contribution in [2.45, 2.75) is 38.6 Å². The summed E-state index contributed by atoms with van der Waals surface area (Å²) in [7, 11) is 1.71. The lowest BCUT2D eigenvalue weighted by Crippen LogP contribution is -2.44. The molecule has 2 fully saturated rings. The maximum atomic E-state index is 12.2. The van der Waals surface area contributed by atoms with Gasteiger partial charge < -0.3 is 25.2 Å². The number of anilines is 1. The first-order valence-corrected chi connectivity index (χ1v) is 10.4. The number of likely N-dealkylation sites (tertiary alicyclic amines) is 1. The smallest absolute Gasteiger partial charge is 0.224 e. The number of ether oxygens (including phenoxy) is 1. The number of amides is 1. The molecule has 0 radical (unpaired) electrons. The summed E-state index contributed by atoms with van der Waals surface area (Å²) in [6, 6.07) is 8.45. The fourth-order valence-electron chi connectivity index (χ4n) is 3.89. The molecule has 1 atom stereocenters. The number of nitrogens with one attached hydrogen (secondary N) is 2. The van der Waals surface area contributed by atoms with E-state index in [0.29, 0.717) is 19.0 Å². The predicted molar refractivity (Wildman–Crippen MR) is 129 cm³/mol. The molecule has 1 aromatic rings. The van der Waals surface area contributed by atoms with Gasteiger partial charge in [0.05, 0.1) is 19.3 Å². The number of methoxy groups -OCH3 is 1. The highest BCUT2D eigenvalue weighted by atomic mass is 127. The zero-order valence-electron chi connectivity index (χ0n) is 17.5. The Labute approximate surface area is 191 Å². The fourth-order valence-corrected chi connectivity index (χ4v) is 3.89. The van der Waals surface area contributed by atoms with Gasteiger partial charge in [-0.15, -0.1) is 24.0 Å². The van der Waals surface area contributed by atoms with Gasteiger partial charge in [-0.25, -0.2) is 0 Å². The second kappa shape index (κ2) is 12.1. The van der Waals surface area contributed by atoms with Gasteiger partial charge in [0.25, 0.3) is 0 Å². The zero-order chi connectivity index (χ0) is 19.8. The summed E-state index contributed by atoms with van der Waals surface area (Å²) in [5.74, 6) is 1.92. The standard InChI is InChI=1S/C21H33N5O2.HI/c1-3-22-21(23-12-10-20(27)25-13-6-7-14-25)24-17-11-15-26(16-17)18-8-4-5-9-19(18)28-2;/h4-5,8-9,17H,3,6-7,10-16H2,1-2H3,(H2,22,23,24);1H. The molecule has 3 rings (SSSR count). The highest BCUT2D eigenvalue weighted by Gasteiger charge is 2.25. The minimum Gasteiger partial charge on any atom is -0.495 e. The van der Waals surface area contributed by atoms with Crippen LogP contribution in [0.5, 0.6) is 5.75 Å². The molecule has 2 aliphatic heterocycles. The molecule has 1 amide bonds. The molecule has 7 nitrogen and oxygen atoms in total. The van der Waals surface area contributed by atoms with Crippen molar-refractivity contribution in [3.8, 4) is 5.75 Å². The zero-order valence-corrected chi connectivity index (χ0v) is 19.9. The molecule has 0 saturated carbocycles. The fraction of sp³-hybridized carbons (Fsp3) is 0.619. The van der Waals surface area contributed by atoms with E-state index in [0.717, 1.165) is 69.4 Å². The molecule has 0 aromatic heterocycles. The van der Waals surface area contributed by atoms with Crippen molar-refractivity contribution < 1.29 is 9.53 Å². The van der Waals surface area contributed by atoms with Crippen LogP contribution in [0.4, 0.5) is 5.69 Å². The van der Waals surface area contributed by atoms with Gasteiger partial charge in [-0.1, -0.05) is 12.1 Å². The van der Waals surface area contributed by atoms with Crippen molar-refractivity contribution in [3.63, 3.8) is 0 Å². The predicted octanol–water partition coefficient (Wildman–Crippen LogP) is 2.46. The van der Waals surface area contributed by atoms with Crippen molar-refractivity contribution in [2.75, 3.05) is 51.3 Å². The molecule has 0 bridgehead atoms. The van der Waals surface area contributed by atoms with Gasteiger partial charge in [-0.05, 0) is 38.3 Å². The van der Waals surface area contributed by atoms with E-state index in [1.807, 2.05) is 23.1 Å². The molecule has 2 aliphatic rings. The quantitative estimate of drug-likeness (QED) is 0.332. The molecular weight excluding hydrogens is 481 g/mol. The summed E-state index contributed by atoms with van der Waals surface area (Å²) in [5, 5.41) is 6.83. The van der Waals surface area contributed by atoms with Gasteiger partial charge >= 0.3 is 0 Å². The van der Waals surface area contributed by atoms with Crippen molar-refractivity contribution >= 4 is 41.5 Å². The molecule has 1 unspecified atom stereocenters. The maximum absolute atomic E-state index is 12.2. The molecule has 8 heteroatoms. The summed E-state index contributed by atoms with van der Waals surface area (Å²) < 4.78 is 5.50. The van der Waals surface area contributed by atoms with Crippen LogP contribution in [0.15, 0.2) is 29.3 Å². The monoisotopic (exact) mass is 515 g/mol. The second-order valence-corrected chi connectivity index (χ2v) is 7.35. The number of para-hydroxylation sites is 2. The van der Waals surface area contributed by atoms with Crippen LogP contribution in [0.25, 0.3) is 0 Å². The summed E-state index contributed by atoms with van der Waals surface area (Å²) in [4.78, 5) is 21.1. The Balaban J connectivity index is 0.00000300. The lowest BCUT2D eigenvalue weighted by Gasteiger charge is -2.22. The molecule has 1 aromatic carbocycles. The van der Waals surface area contributed by atoms with E-state index in [1.54, 1.807) is 7.11 Å². The number of nitrogens with zero attached hydrogens (tertiary/aromatic N) is 3. The maximum Gasteiger partial charge on any atom is 0.224 e. The number of hydrogen-bond acceptors (Lipinski definition) is 4. The number of carbonyl (C=O) groups is 1. The van der Waals surface area contributed by atoms with Gasteiger partial charge in [0.15, 0.2) is 5.96 Å². The lowest BCUT2D eigenvalue weighted by atomic mass is 10.2. The molecular formula is C21H34IN5O2. The third kappa shape index (κ3) is 6.65. The normalized spacial score (nSPS) is 19.1. The number of carbonyl (C=O) groups excluding carboxylic acids is 1. The SMILES string of the molecule is CCNC(=NCCC(=O)N1CCCC1)NC1CCN(c2ccccc2OC)C1.I. The van der Waals surface area contributed by atoms with Gasteiger partial charge in [-0.3, -0.25) is 9.79 Å². The van der Waals surface area contributed by atoms with Crippen LogP contribution in [0, 0.1) is 0 Å². The minimum atomic E-state index is 0. The van der Waals surface area contributed by atoms with E-state index < -0.39 is 0 Å². The molecule has 2 saturated heterocycles. The van der Waals surface area contributed by atoms with E-state index in [9.17, 15) is 4.79 Å². The first kappa shape index (κ1) is 23.6. The average molecular weight is 515 g/mol. The van der Waals surface area contributed by atoms with Crippen LogP contribution in [0.2, 0.25) is 0 Å². The second-order valence-electron chi connectivity index (χ2n) is 7.35. The number of benzene rings is 1. The Morgan fingerprint density at radius 3 is 2.72 bits per heavy atom. The van der Waals surface area contributed by atoms with Crippen LogP contribution in [0.1, 0.15) is 32.6 Å². The highest BCUT2D eigenvalue weighted by Crippen LogP contribution is 2.30. The average Bonchev–Trinajstić information content (AvgIpc) is 3.40. The number of hydrogen-bond donors (Lipinski definition) is 2. The van der Waals surface area contributed by atoms with Gasteiger partial charge in [0.2, 0.25) is 5.91 Å². The Morgan fingerprint density at radius 1 is 1.24 bits per heavy atom. The molecule has 162 valence electrons. The summed E-state index contributed by atoms with van der Waals surface area (Å²) in [6.45, 7) is 7.07. The Kier molecular flexibility index (Phi) is 9.83.